The Kier molecular flexibility index (Phi) is 8.16. The first-order valence-electron chi connectivity index (χ1n) is 10.9. The zero-order valence-electron chi connectivity index (χ0n) is 17.8. The predicted molar refractivity (Wildman–Crippen MR) is 120 cm³/mol. The molecule has 1 aromatic carbocycles. The molecule has 1 aliphatic heterocycles. The van der Waals surface area contributed by atoms with E-state index in [9.17, 15) is 9.00 Å². The average molecular weight is 429 g/mol. The summed E-state index contributed by atoms with van der Waals surface area (Å²) in [6.07, 6.45) is 9.17. The number of primary amides is 1. The topological polar surface area (TPSA) is 82.3 Å². The number of hydrogen-bond acceptors (Lipinski definition) is 4. The summed E-state index contributed by atoms with van der Waals surface area (Å²) < 4.78 is 17.4. The molecule has 3 rings (SSSR count). The highest BCUT2D eigenvalue weighted by atomic mass is 32.2. The number of rotatable bonds is 10. The van der Waals surface area contributed by atoms with Crippen LogP contribution in [0, 0.1) is 0 Å². The number of carbonyl (C=O) groups is 1. The van der Waals surface area contributed by atoms with Gasteiger partial charge < -0.3 is 10.5 Å². The summed E-state index contributed by atoms with van der Waals surface area (Å²) in [6.45, 7) is 3.01. The molecule has 1 aliphatic rings. The molecule has 162 valence electrons. The zero-order chi connectivity index (χ0) is 21.4. The van der Waals surface area contributed by atoms with Gasteiger partial charge in [0, 0.05) is 30.0 Å². The lowest BCUT2D eigenvalue weighted by Gasteiger charge is -2.33. The Morgan fingerprint density at radius 3 is 2.23 bits per heavy atom. The molecule has 1 aromatic heterocycles. The van der Waals surface area contributed by atoms with Crippen molar-refractivity contribution in [3.63, 3.8) is 0 Å². The molecule has 0 bridgehead atoms. The van der Waals surface area contributed by atoms with Crippen LogP contribution in [0.2, 0.25) is 0 Å². The summed E-state index contributed by atoms with van der Waals surface area (Å²) in [5, 5.41) is 0. The maximum atomic E-state index is 13.1. The molecular weight excluding hydrogens is 396 g/mol. The van der Waals surface area contributed by atoms with E-state index in [1.165, 1.54) is 11.1 Å². The summed E-state index contributed by atoms with van der Waals surface area (Å²) in [7, 11) is -1.46. The van der Waals surface area contributed by atoms with Crippen LogP contribution in [0.1, 0.15) is 55.8 Å². The zero-order valence-corrected chi connectivity index (χ0v) is 18.6. The van der Waals surface area contributed by atoms with Gasteiger partial charge in [-0.1, -0.05) is 31.5 Å². The van der Waals surface area contributed by atoms with Crippen LogP contribution in [0.3, 0.4) is 0 Å². The van der Waals surface area contributed by atoms with Crippen molar-refractivity contribution in [2.24, 2.45) is 5.73 Å². The first kappa shape index (κ1) is 22.6. The molecule has 1 saturated heterocycles. The van der Waals surface area contributed by atoms with Crippen LogP contribution in [-0.2, 0) is 39.6 Å². The smallest absolute Gasteiger partial charge is 0.236 e. The van der Waals surface area contributed by atoms with Crippen molar-refractivity contribution in [2.75, 3.05) is 13.2 Å². The van der Waals surface area contributed by atoms with Crippen LogP contribution in [0.5, 0.6) is 0 Å². The molecule has 30 heavy (non-hydrogen) atoms. The lowest BCUT2D eigenvalue weighted by atomic mass is 9.98. The molecule has 0 aliphatic carbocycles. The number of nitrogens with zero attached hydrogens (tertiary/aromatic N) is 1. The molecule has 1 fully saturated rings. The van der Waals surface area contributed by atoms with Gasteiger partial charge in [0.25, 0.3) is 0 Å². The number of unbranched alkanes of at least 4 members (excludes halogenated alkanes) is 1. The number of hydrogen-bond donors (Lipinski definition) is 1. The number of nitrogens with two attached hydrogens (primary N) is 1. The van der Waals surface area contributed by atoms with Gasteiger partial charge in [-0.2, -0.15) is 0 Å². The van der Waals surface area contributed by atoms with E-state index in [1.54, 1.807) is 0 Å². The van der Waals surface area contributed by atoms with Gasteiger partial charge in [0.2, 0.25) is 5.91 Å². The molecule has 5 nitrogen and oxygen atoms in total. The summed E-state index contributed by atoms with van der Waals surface area (Å²) in [5.41, 5.74) is 9.30. The van der Waals surface area contributed by atoms with Crippen molar-refractivity contribution in [2.45, 2.75) is 67.9 Å². The SMILES string of the molecule is CCCc1ccc(CCCCc2ccc(S(=O)C3(C(N)=O)CCOCC3)cc2)cn1. The number of carbonyl (C=O) groups excluding carboxylic acids is 1. The second-order valence-electron chi connectivity index (χ2n) is 8.00. The Hall–Kier alpha value is -2.05. The standard InChI is InChI=1S/C24H32N2O3S/c1-2-5-21-11-8-20(18-26-21)7-4-3-6-19-9-12-22(13-10-19)30(28)24(23(25)27)14-16-29-17-15-24/h8-13,18H,2-7,14-17H2,1H3,(H2,25,27). The normalized spacial score (nSPS) is 16.8. The van der Waals surface area contributed by atoms with Crippen molar-refractivity contribution in [1.29, 1.82) is 0 Å². The lowest BCUT2D eigenvalue weighted by molar-refractivity contribution is -0.122. The van der Waals surface area contributed by atoms with Gasteiger partial charge in [-0.15, -0.1) is 0 Å². The van der Waals surface area contributed by atoms with Gasteiger partial charge in [0.05, 0.1) is 10.8 Å². The van der Waals surface area contributed by atoms with Crippen LogP contribution in [-0.4, -0.2) is 33.1 Å². The Bertz CT molecular complexity index is 844. The van der Waals surface area contributed by atoms with Gasteiger partial charge in [0.15, 0.2) is 0 Å². The quantitative estimate of drug-likeness (QED) is 0.585. The van der Waals surface area contributed by atoms with Crippen LogP contribution < -0.4 is 5.73 Å². The van der Waals surface area contributed by atoms with Crippen molar-refractivity contribution >= 4 is 16.7 Å². The molecule has 2 heterocycles. The number of aryl methyl sites for hydroxylation is 3. The third-order valence-corrected chi connectivity index (χ3v) is 7.83. The minimum absolute atomic E-state index is 0.408. The fourth-order valence-electron chi connectivity index (χ4n) is 3.89. The molecule has 2 N–H and O–H groups in total. The maximum Gasteiger partial charge on any atom is 0.236 e. The molecule has 0 radical (unpaired) electrons. The third kappa shape index (κ3) is 5.55. The second-order valence-corrected chi connectivity index (χ2v) is 9.79. The Balaban J connectivity index is 1.50. The van der Waals surface area contributed by atoms with E-state index < -0.39 is 21.5 Å². The monoisotopic (exact) mass is 428 g/mol. The van der Waals surface area contributed by atoms with Gasteiger partial charge in [-0.25, -0.2) is 0 Å². The molecule has 2 aromatic rings. The lowest BCUT2D eigenvalue weighted by Crippen LogP contribution is -2.51. The summed E-state index contributed by atoms with van der Waals surface area (Å²) >= 11 is 0. The van der Waals surface area contributed by atoms with Gasteiger partial charge in [-0.3, -0.25) is 14.0 Å². The van der Waals surface area contributed by atoms with Crippen molar-refractivity contribution in [3.05, 3.63) is 59.4 Å². The predicted octanol–water partition coefficient (Wildman–Crippen LogP) is 3.74. The van der Waals surface area contributed by atoms with E-state index in [2.05, 4.69) is 24.0 Å². The highest BCUT2D eigenvalue weighted by Gasteiger charge is 2.45. The summed E-state index contributed by atoms with van der Waals surface area (Å²) in [5.74, 6) is -0.495. The molecule has 0 saturated carbocycles. The first-order chi connectivity index (χ1) is 14.5. The van der Waals surface area contributed by atoms with E-state index in [0.29, 0.717) is 31.0 Å². The maximum absolute atomic E-state index is 13.1. The molecule has 1 unspecified atom stereocenters. The van der Waals surface area contributed by atoms with E-state index >= 15 is 0 Å². The van der Waals surface area contributed by atoms with Crippen molar-refractivity contribution in [3.8, 4) is 0 Å². The van der Waals surface area contributed by atoms with Crippen molar-refractivity contribution in [1.82, 2.24) is 4.98 Å². The number of ether oxygens (including phenoxy) is 1. The van der Waals surface area contributed by atoms with Gasteiger partial charge >= 0.3 is 0 Å². The number of aromatic nitrogens is 1. The highest BCUT2D eigenvalue weighted by molar-refractivity contribution is 7.87. The minimum atomic E-state index is -1.46. The Morgan fingerprint density at radius 1 is 1.03 bits per heavy atom. The third-order valence-electron chi connectivity index (χ3n) is 5.81. The van der Waals surface area contributed by atoms with Crippen LogP contribution in [0.15, 0.2) is 47.5 Å². The minimum Gasteiger partial charge on any atom is -0.381 e. The van der Waals surface area contributed by atoms with E-state index in [-0.39, 0.29) is 0 Å². The van der Waals surface area contributed by atoms with E-state index in [1.807, 2.05) is 30.5 Å². The van der Waals surface area contributed by atoms with E-state index in [0.717, 1.165) is 44.2 Å². The number of pyridine rings is 1. The molecule has 6 heteroatoms. The molecule has 1 amide bonds. The second kappa shape index (κ2) is 10.8. The van der Waals surface area contributed by atoms with E-state index in [4.69, 9.17) is 10.5 Å². The van der Waals surface area contributed by atoms with Crippen LogP contribution in [0.4, 0.5) is 0 Å². The number of amides is 1. The van der Waals surface area contributed by atoms with Gasteiger partial charge in [0.1, 0.15) is 4.75 Å². The Labute approximate surface area is 181 Å². The largest absolute Gasteiger partial charge is 0.381 e. The molecule has 1 atom stereocenters. The highest BCUT2D eigenvalue weighted by Crippen LogP contribution is 2.31. The van der Waals surface area contributed by atoms with Crippen LogP contribution in [0.25, 0.3) is 0 Å². The van der Waals surface area contributed by atoms with Crippen LogP contribution >= 0.6 is 0 Å². The Morgan fingerprint density at radius 2 is 1.67 bits per heavy atom. The summed E-state index contributed by atoms with van der Waals surface area (Å²) in [6, 6.07) is 12.1. The molecule has 0 spiro atoms. The molecular formula is C24H32N2O3S. The summed E-state index contributed by atoms with van der Waals surface area (Å²) in [4.78, 5) is 17.3. The van der Waals surface area contributed by atoms with Crippen molar-refractivity contribution < 1.29 is 13.7 Å². The average Bonchev–Trinajstić information content (AvgIpc) is 2.78. The fraction of sp³-hybridized carbons (Fsp3) is 0.500. The fourth-order valence-corrected chi connectivity index (χ4v) is 5.45. The number of benzene rings is 1. The van der Waals surface area contributed by atoms with Gasteiger partial charge in [-0.05, 0) is 74.3 Å². The first-order valence-corrected chi connectivity index (χ1v) is 12.0.